The molecule has 1 heterocycles. The molecule has 2 aromatic carbocycles. The Bertz CT molecular complexity index is 1020. The van der Waals surface area contributed by atoms with E-state index >= 15 is 0 Å². The Hall–Kier alpha value is -3.00. The summed E-state index contributed by atoms with van der Waals surface area (Å²) in [6.07, 6.45) is -2.26. The van der Waals surface area contributed by atoms with Crippen LogP contribution in [0.25, 0.3) is 0 Å². The van der Waals surface area contributed by atoms with Gasteiger partial charge in [-0.15, -0.1) is 11.8 Å². The van der Waals surface area contributed by atoms with Crippen molar-refractivity contribution in [2.45, 2.75) is 24.4 Å². The Morgan fingerprint density at radius 1 is 1.03 bits per heavy atom. The van der Waals surface area contributed by atoms with Crippen LogP contribution in [0.15, 0.2) is 70.7 Å². The molecule has 0 unspecified atom stereocenters. The number of pyridine rings is 1. The van der Waals surface area contributed by atoms with Gasteiger partial charge in [0.25, 0.3) is 0 Å². The van der Waals surface area contributed by atoms with E-state index in [1.54, 1.807) is 6.07 Å². The van der Waals surface area contributed by atoms with Crippen LogP contribution in [0.1, 0.15) is 18.2 Å². The zero-order valence-electron chi connectivity index (χ0n) is 17.0. The van der Waals surface area contributed by atoms with Crippen LogP contribution < -0.4 is 10.6 Å². The first-order chi connectivity index (χ1) is 14.9. The first-order valence-corrected chi connectivity index (χ1v) is 10.7. The molecule has 0 saturated carbocycles. The van der Waals surface area contributed by atoms with E-state index in [0.717, 1.165) is 29.5 Å². The molecule has 0 saturated heterocycles. The molecule has 0 amide bonds. The number of nitrogens with zero attached hydrogens (tertiary/aromatic N) is 2. The fourth-order valence-corrected chi connectivity index (χ4v) is 3.68. The average molecular weight is 445 g/mol. The van der Waals surface area contributed by atoms with E-state index in [4.69, 9.17) is 0 Å². The van der Waals surface area contributed by atoms with Gasteiger partial charge in [0, 0.05) is 34.8 Å². The third kappa shape index (κ3) is 6.49. The maximum absolute atomic E-state index is 12.8. The van der Waals surface area contributed by atoms with Crippen molar-refractivity contribution >= 4 is 41.2 Å². The summed E-state index contributed by atoms with van der Waals surface area (Å²) in [5.41, 5.74) is 3.79. The lowest BCUT2D eigenvalue weighted by Crippen LogP contribution is -2.08. The fraction of sp³-hybridized carbons (Fsp3) is 0.217. The molecule has 1 aromatic heterocycles. The molecule has 0 radical (unpaired) electrons. The fourth-order valence-electron chi connectivity index (χ4n) is 2.89. The molecule has 3 aromatic rings. The minimum absolute atomic E-state index is 0.528. The van der Waals surface area contributed by atoms with Gasteiger partial charge in [-0.3, -0.25) is 9.98 Å². The van der Waals surface area contributed by atoms with Gasteiger partial charge in [0.05, 0.1) is 11.4 Å². The van der Waals surface area contributed by atoms with Crippen molar-refractivity contribution < 1.29 is 13.2 Å². The molecule has 162 valence electrons. The van der Waals surface area contributed by atoms with Crippen molar-refractivity contribution in [2.24, 2.45) is 4.99 Å². The van der Waals surface area contributed by atoms with Crippen molar-refractivity contribution in [2.75, 3.05) is 22.9 Å². The Morgan fingerprint density at radius 2 is 1.77 bits per heavy atom. The zero-order chi connectivity index (χ0) is 22.3. The molecule has 8 heteroatoms. The van der Waals surface area contributed by atoms with Crippen LogP contribution in [-0.4, -0.2) is 24.0 Å². The lowest BCUT2D eigenvalue weighted by molar-refractivity contribution is -0.141. The lowest BCUT2D eigenvalue weighted by Gasteiger charge is -2.13. The molecule has 0 aliphatic rings. The summed E-state index contributed by atoms with van der Waals surface area (Å²) in [4.78, 5) is 7.99. The van der Waals surface area contributed by atoms with Gasteiger partial charge in [-0.2, -0.15) is 13.2 Å². The van der Waals surface area contributed by atoms with E-state index in [1.165, 1.54) is 23.5 Å². The SMILES string of the molecule is C=Nc1cc(Nc2ccc(CC)cc2)ccc1NCCSc1ccnc(C(F)(F)F)c1. The van der Waals surface area contributed by atoms with Crippen LogP contribution in [0.3, 0.4) is 0 Å². The molecule has 2 N–H and O–H groups in total. The highest BCUT2D eigenvalue weighted by atomic mass is 32.2. The number of benzene rings is 2. The largest absolute Gasteiger partial charge is 0.433 e. The number of nitrogens with one attached hydrogen (secondary N) is 2. The van der Waals surface area contributed by atoms with Crippen LogP contribution in [0, 0.1) is 0 Å². The van der Waals surface area contributed by atoms with Crippen molar-refractivity contribution in [1.82, 2.24) is 4.98 Å². The van der Waals surface area contributed by atoms with Crippen LogP contribution in [0.4, 0.5) is 35.9 Å². The maximum atomic E-state index is 12.8. The summed E-state index contributed by atoms with van der Waals surface area (Å²) in [6, 6.07) is 16.6. The Morgan fingerprint density at radius 3 is 2.45 bits per heavy atom. The van der Waals surface area contributed by atoms with E-state index in [9.17, 15) is 13.2 Å². The highest BCUT2D eigenvalue weighted by Crippen LogP contribution is 2.31. The summed E-state index contributed by atoms with van der Waals surface area (Å²) in [7, 11) is 0. The van der Waals surface area contributed by atoms with Gasteiger partial charge in [0.15, 0.2) is 0 Å². The number of hydrogen-bond acceptors (Lipinski definition) is 5. The second-order valence-electron chi connectivity index (χ2n) is 6.72. The number of alkyl halides is 3. The molecular formula is C23H23F3N4S. The molecule has 31 heavy (non-hydrogen) atoms. The van der Waals surface area contributed by atoms with Gasteiger partial charge in [0.2, 0.25) is 0 Å². The monoisotopic (exact) mass is 444 g/mol. The number of anilines is 3. The van der Waals surface area contributed by atoms with Crippen molar-refractivity contribution in [3.8, 4) is 0 Å². The van der Waals surface area contributed by atoms with Gasteiger partial charge in [-0.25, -0.2) is 0 Å². The summed E-state index contributed by atoms with van der Waals surface area (Å²) >= 11 is 1.33. The highest BCUT2D eigenvalue weighted by Gasteiger charge is 2.32. The lowest BCUT2D eigenvalue weighted by atomic mass is 10.1. The summed E-state index contributed by atoms with van der Waals surface area (Å²) < 4.78 is 38.3. The topological polar surface area (TPSA) is 49.3 Å². The Labute approximate surface area is 184 Å². The minimum atomic E-state index is -4.44. The van der Waals surface area contributed by atoms with Gasteiger partial charge in [-0.1, -0.05) is 19.1 Å². The standard InChI is InChI=1S/C23H23F3N4S/c1-3-16-4-6-17(7-5-16)30-18-8-9-20(21(14-18)27-2)28-12-13-31-19-10-11-29-22(15-19)23(24,25)26/h4-11,14-15,28,30H,2-3,12-13H2,1H3. The number of aryl methyl sites for hydroxylation is 1. The summed E-state index contributed by atoms with van der Waals surface area (Å²) in [6.45, 7) is 6.31. The number of aromatic nitrogens is 1. The predicted molar refractivity (Wildman–Crippen MR) is 123 cm³/mol. The molecule has 0 bridgehead atoms. The summed E-state index contributed by atoms with van der Waals surface area (Å²) in [5, 5.41) is 6.61. The Balaban J connectivity index is 1.56. The first-order valence-electron chi connectivity index (χ1n) is 9.75. The first kappa shape index (κ1) is 22.7. The van der Waals surface area contributed by atoms with Crippen LogP contribution >= 0.6 is 11.8 Å². The van der Waals surface area contributed by atoms with Crippen LogP contribution in [0.2, 0.25) is 0 Å². The molecule has 0 aliphatic heterocycles. The third-order valence-corrected chi connectivity index (χ3v) is 5.52. The molecule has 0 fully saturated rings. The van der Waals surface area contributed by atoms with E-state index in [-0.39, 0.29) is 0 Å². The maximum Gasteiger partial charge on any atom is 0.433 e. The molecule has 3 rings (SSSR count). The molecule has 0 aliphatic carbocycles. The van der Waals surface area contributed by atoms with Gasteiger partial charge >= 0.3 is 6.18 Å². The highest BCUT2D eigenvalue weighted by molar-refractivity contribution is 7.99. The average Bonchev–Trinajstić information content (AvgIpc) is 2.77. The van der Waals surface area contributed by atoms with Crippen molar-refractivity contribution in [1.29, 1.82) is 0 Å². The summed E-state index contributed by atoms with van der Waals surface area (Å²) in [5.74, 6) is 0.585. The quantitative estimate of drug-likeness (QED) is 0.213. The number of thioether (sulfide) groups is 1. The van der Waals surface area contributed by atoms with Gasteiger partial charge in [-0.05, 0) is 61.2 Å². The number of halogens is 3. The van der Waals surface area contributed by atoms with Gasteiger partial charge in [0.1, 0.15) is 5.69 Å². The zero-order valence-corrected chi connectivity index (χ0v) is 17.9. The molecule has 0 spiro atoms. The van der Waals surface area contributed by atoms with Crippen LogP contribution in [0.5, 0.6) is 0 Å². The number of hydrogen-bond donors (Lipinski definition) is 2. The van der Waals surface area contributed by atoms with Gasteiger partial charge < -0.3 is 10.6 Å². The Kier molecular flexibility index (Phi) is 7.57. The molecule has 4 nitrogen and oxygen atoms in total. The number of aliphatic imine (C=N–C) groups is 1. The molecule has 0 atom stereocenters. The smallest absolute Gasteiger partial charge is 0.382 e. The van der Waals surface area contributed by atoms with Crippen LogP contribution in [-0.2, 0) is 12.6 Å². The molecular weight excluding hydrogens is 421 g/mol. The normalized spacial score (nSPS) is 11.2. The van der Waals surface area contributed by atoms with E-state index in [2.05, 4.69) is 46.4 Å². The van der Waals surface area contributed by atoms with E-state index < -0.39 is 11.9 Å². The second kappa shape index (κ2) is 10.3. The predicted octanol–water partition coefficient (Wildman–Crippen LogP) is 6.94. The van der Waals surface area contributed by atoms with Crippen molar-refractivity contribution in [3.63, 3.8) is 0 Å². The number of rotatable bonds is 9. The third-order valence-electron chi connectivity index (χ3n) is 4.53. The van der Waals surface area contributed by atoms with E-state index in [1.807, 2.05) is 30.3 Å². The minimum Gasteiger partial charge on any atom is -0.382 e. The van der Waals surface area contributed by atoms with Crippen molar-refractivity contribution in [3.05, 3.63) is 72.1 Å². The second-order valence-corrected chi connectivity index (χ2v) is 7.88. The van der Waals surface area contributed by atoms with E-state index in [0.29, 0.717) is 22.9 Å².